The van der Waals surface area contributed by atoms with Crippen LogP contribution >= 0.6 is 15.9 Å². The molecule has 0 aromatic heterocycles. The van der Waals surface area contributed by atoms with Crippen LogP contribution in [0.25, 0.3) is 0 Å². The van der Waals surface area contributed by atoms with Gasteiger partial charge in [0.15, 0.2) is 0 Å². The van der Waals surface area contributed by atoms with E-state index in [9.17, 15) is 9.59 Å². The summed E-state index contributed by atoms with van der Waals surface area (Å²) < 4.78 is 9.17. The van der Waals surface area contributed by atoms with E-state index in [0.717, 1.165) is 0 Å². The van der Waals surface area contributed by atoms with E-state index in [4.69, 9.17) is 0 Å². The number of carbonyl (C=O) groups is 2. The average Bonchev–Trinajstić information content (AvgIpc) is 2.91. The van der Waals surface area contributed by atoms with Gasteiger partial charge >= 0.3 is 11.9 Å². The lowest BCUT2D eigenvalue weighted by atomic mass is 10.1. The van der Waals surface area contributed by atoms with E-state index in [1.165, 1.54) is 14.2 Å². The topological polar surface area (TPSA) is 52.6 Å². The summed E-state index contributed by atoms with van der Waals surface area (Å²) in [6.45, 7) is 0. The summed E-state index contributed by atoms with van der Waals surface area (Å²) in [7, 11) is 2.64. The molecule has 0 radical (unpaired) electrons. The lowest BCUT2D eigenvalue weighted by molar-refractivity contribution is -0.151. The summed E-state index contributed by atoms with van der Waals surface area (Å²) >= 11 is 3.20. The Bertz CT molecular complexity index is 240. The maximum Gasteiger partial charge on any atom is 0.313 e. The third-order valence-electron chi connectivity index (χ3n) is 2.39. The summed E-state index contributed by atoms with van der Waals surface area (Å²) in [5.74, 6) is -1.03. The Balaban J connectivity index is 2.69. The van der Waals surface area contributed by atoms with Crippen LogP contribution in [0.3, 0.4) is 0 Å². The molecule has 0 unspecified atom stereocenters. The Labute approximate surface area is 84.7 Å². The van der Waals surface area contributed by atoms with Crippen molar-refractivity contribution < 1.29 is 19.1 Å². The molecular weight excluding hydrogens is 240 g/mol. The molecule has 1 rings (SSSR count). The van der Waals surface area contributed by atoms with Gasteiger partial charge in [0.1, 0.15) is 0 Å². The smallest absolute Gasteiger partial charge is 0.313 e. The van der Waals surface area contributed by atoms with Crippen molar-refractivity contribution in [2.24, 2.45) is 11.3 Å². The van der Waals surface area contributed by atoms with Gasteiger partial charge in [-0.2, -0.15) is 0 Å². The zero-order valence-electron chi connectivity index (χ0n) is 7.50. The van der Waals surface area contributed by atoms with Crippen molar-refractivity contribution in [2.45, 2.75) is 6.42 Å². The van der Waals surface area contributed by atoms with Crippen LogP contribution in [0.4, 0.5) is 0 Å². The lowest BCUT2D eigenvalue weighted by Gasteiger charge is -2.09. The number of halogens is 1. The fourth-order valence-electron chi connectivity index (χ4n) is 1.39. The molecule has 0 spiro atoms. The monoisotopic (exact) mass is 250 g/mol. The highest BCUT2D eigenvalue weighted by atomic mass is 79.9. The van der Waals surface area contributed by atoms with Crippen molar-refractivity contribution in [3.05, 3.63) is 0 Å². The third kappa shape index (κ3) is 1.57. The number of methoxy groups -OCH3 is 2. The number of rotatable bonds is 3. The van der Waals surface area contributed by atoms with Crippen molar-refractivity contribution in [3.63, 3.8) is 0 Å². The van der Waals surface area contributed by atoms with Crippen LogP contribution in [0.2, 0.25) is 0 Å². The zero-order valence-corrected chi connectivity index (χ0v) is 9.09. The zero-order chi connectivity index (χ0) is 10.1. The predicted molar refractivity (Wildman–Crippen MR) is 48.4 cm³/mol. The first-order valence-corrected chi connectivity index (χ1v) is 4.96. The van der Waals surface area contributed by atoms with Gasteiger partial charge in [-0.25, -0.2) is 0 Å². The number of carbonyl (C=O) groups excluding carboxylic acids is 2. The van der Waals surface area contributed by atoms with Gasteiger partial charge in [-0.05, 0) is 6.42 Å². The van der Waals surface area contributed by atoms with Crippen molar-refractivity contribution in [3.8, 4) is 0 Å². The van der Waals surface area contributed by atoms with E-state index in [1.807, 2.05) is 0 Å². The number of esters is 2. The van der Waals surface area contributed by atoms with Crippen LogP contribution < -0.4 is 0 Å². The van der Waals surface area contributed by atoms with Crippen molar-refractivity contribution >= 4 is 27.9 Å². The summed E-state index contributed by atoms with van der Waals surface area (Å²) in [6, 6.07) is 0. The van der Waals surface area contributed by atoms with Crippen molar-refractivity contribution in [2.75, 3.05) is 19.5 Å². The molecule has 0 bridgehead atoms. The first kappa shape index (κ1) is 10.5. The van der Waals surface area contributed by atoms with E-state index >= 15 is 0 Å². The molecule has 0 N–H and O–H groups in total. The molecule has 0 aliphatic heterocycles. The fourth-order valence-corrected chi connectivity index (χ4v) is 2.24. The van der Waals surface area contributed by atoms with Crippen LogP contribution in [0.5, 0.6) is 0 Å². The third-order valence-corrected chi connectivity index (χ3v) is 3.39. The Hall–Kier alpha value is -0.580. The normalized spacial score (nSPS) is 30.8. The SMILES string of the molecule is COC(=O)[C@H]1C[C@@]1(CBr)C(=O)OC. The minimum absolute atomic E-state index is 0.343. The van der Waals surface area contributed by atoms with Crippen molar-refractivity contribution in [1.29, 1.82) is 0 Å². The minimum atomic E-state index is -0.679. The molecule has 1 aliphatic rings. The number of hydrogen-bond donors (Lipinski definition) is 0. The Kier molecular flexibility index (Phi) is 2.95. The Morgan fingerprint density at radius 1 is 1.46 bits per heavy atom. The Morgan fingerprint density at radius 2 is 2.08 bits per heavy atom. The first-order valence-electron chi connectivity index (χ1n) is 3.84. The van der Waals surface area contributed by atoms with Gasteiger partial charge in [-0.1, -0.05) is 15.9 Å². The molecule has 1 fully saturated rings. The molecular formula is C8H11BrO4. The Morgan fingerprint density at radius 3 is 2.46 bits per heavy atom. The molecule has 0 amide bonds. The van der Waals surface area contributed by atoms with Crippen LogP contribution in [0.15, 0.2) is 0 Å². The standard InChI is InChI=1S/C8H11BrO4/c1-12-6(10)5-3-8(5,4-9)7(11)13-2/h5H,3-4H2,1-2H3/t5-,8+/m1/s1. The highest BCUT2D eigenvalue weighted by molar-refractivity contribution is 9.09. The molecule has 4 nitrogen and oxygen atoms in total. The second kappa shape index (κ2) is 3.65. The predicted octanol–water partition coefficient (Wildman–Crippen LogP) is 0.734. The summed E-state index contributed by atoms with van der Waals surface area (Å²) in [6.07, 6.45) is 0.512. The van der Waals surface area contributed by atoms with Gasteiger partial charge < -0.3 is 9.47 Å². The number of ether oxygens (including phenoxy) is 2. The lowest BCUT2D eigenvalue weighted by Crippen LogP contribution is -2.24. The minimum Gasteiger partial charge on any atom is -0.469 e. The largest absolute Gasteiger partial charge is 0.469 e. The molecule has 0 heterocycles. The molecule has 1 saturated carbocycles. The highest BCUT2D eigenvalue weighted by Crippen LogP contribution is 2.55. The second-order valence-electron chi connectivity index (χ2n) is 3.06. The summed E-state index contributed by atoms with van der Waals surface area (Å²) in [5.41, 5.74) is -0.679. The van der Waals surface area contributed by atoms with Crippen LogP contribution in [-0.4, -0.2) is 31.5 Å². The molecule has 5 heteroatoms. The molecule has 13 heavy (non-hydrogen) atoms. The van der Waals surface area contributed by atoms with E-state index in [-0.39, 0.29) is 17.9 Å². The number of hydrogen-bond acceptors (Lipinski definition) is 4. The number of alkyl halides is 1. The van der Waals surface area contributed by atoms with E-state index in [1.54, 1.807) is 0 Å². The summed E-state index contributed by atoms with van der Waals surface area (Å²) in [4.78, 5) is 22.4. The summed E-state index contributed by atoms with van der Waals surface area (Å²) in [5, 5.41) is 0.437. The molecule has 2 atom stereocenters. The average molecular weight is 251 g/mol. The van der Waals surface area contributed by atoms with Gasteiger partial charge in [0.25, 0.3) is 0 Å². The van der Waals surface area contributed by atoms with Crippen molar-refractivity contribution in [1.82, 2.24) is 0 Å². The first-order chi connectivity index (χ1) is 6.12. The van der Waals surface area contributed by atoms with Crippen LogP contribution in [0, 0.1) is 11.3 Å². The highest BCUT2D eigenvalue weighted by Gasteiger charge is 2.64. The van der Waals surface area contributed by atoms with E-state index < -0.39 is 5.41 Å². The van der Waals surface area contributed by atoms with Gasteiger partial charge in [0.05, 0.1) is 25.6 Å². The maximum atomic E-state index is 11.3. The van der Waals surface area contributed by atoms with Gasteiger partial charge in [0.2, 0.25) is 0 Å². The molecule has 1 aliphatic carbocycles. The molecule has 0 saturated heterocycles. The quantitative estimate of drug-likeness (QED) is 0.548. The molecule has 74 valence electrons. The fraction of sp³-hybridized carbons (Fsp3) is 0.750. The van der Waals surface area contributed by atoms with Gasteiger partial charge in [-0.15, -0.1) is 0 Å². The molecule has 0 aromatic carbocycles. The van der Waals surface area contributed by atoms with Crippen LogP contribution in [0.1, 0.15) is 6.42 Å². The second-order valence-corrected chi connectivity index (χ2v) is 3.62. The molecule has 0 aromatic rings. The maximum absolute atomic E-state index is 11.3. The van der Waals surface area contributed by atoms with Gasteiger partial charge in [-0.3, -0.25) is 9.59 Å². The van der Waals surface area contributed by atoms with E-state index in [2.05, 4.69) is 25.4 Å². The van der Waals surface area contributed by atoms with E-state index in [0.29, 0.717) is 11.8 Å². The van der Waals surface area contributed by atoms with Crippen LogP contribution in [-0.2, 0) is 19.1 Å². The van der Waals surface area contributed by atoms with Gasteiger partial charge in [0, 0.05) is 5.33 Å².